The van der Waals surface area contributed by atoms with Crippen LogP contribution in [0.1, 0.15) is 24.5 Å². The number of nitrogens with two attached hydrogens (primary N) is 1. The van der Waals surface area contributed by atoms with Gasteiger partial charge in [0.05, 0.1) is 5.56 Å². The highest BCUT2D eigenvalue weighted by atomic mass is 35.5. The minimum atomic E-state index is -4.42. The van der Waals surface area contributed by atoms with E-state index in [0.717, 1.165) is 6.07 Å². The summed E-state index contributed by atoms with van der Waals surface area (Å²) in [6.07, 6.45) is -4.36. The number of halogens is 4. The van der Waals surface area contributed by atoms with Crippen LogP contribution in [0.2, 0.25) is 0 Å². The number of amides is 1. The van der Waals surface area contributed by atoms with E-state index in [1.165, 1.54) is 19.1 Å². The summed E-state index contributed by atoms with van der Waals surface area (Å²) in [6, 6.07) is 3.35. The highest BCUT2D eigenvalue weighted by molar-refractivity contribution is 5.91. The van der Waals surface area contributed by atoms with E-state index in [4.69, 9.17) is 5.73 Å². The Labute approximate surface area is 115 Å². The van der Waals surface area contributed by atoms with Crippen molar-refractivity contribution in [3.05, 3.63) is 29.3 Å². The highest BCUT2D eigenvalue weighted by Gasteiger charge is 2.32. The van der Waals surface area contributed by atoms with Gasteiger partial charge < -0.3 is 11.1 Å². The van der Waals surface area contributed by atoms with Crippen LogP contribution < -0.4 is 11.1 Å². The van der Waals surface area contributed by atoms with Crippen LogP contribution in [0.3, 0.4) is 0 Å². The molecule has 0 heterocycles. The minimum Gasteiger partial charge on any atom is -0.327 e. The van der Waals surface area contributed by atoms with Gasteiger partial charge in [-0.25, -0.2) is 0 Å². The number of nitrogens with one attached hydrogen (secondary N) is 1. The molecule has 0 aliphatic rings. The SMILES string of the molecule is Cc1ccc(NC(=O)CC(C)N)cc1C(F)(F)F.Cl. The molecule has 1 amide bonds. The molecule has 0 aliphatic carbocycles. The summed E-state index contributed by atoms with van der Waals surface area (Å²) in [5.74, 6) is -0.401. The monoisotopic (exact) mass is 296 g/mol. The van der Waals surface area contributed by atoms with E-state index in [9.17, 15) is 18.0 Å². The standard InChI is InChI=1S/C12H15F3N2O.ClH/c1-7-3-4-9(6-10(7)12(13,14)15)17-11(18)5-8(2)16;/h3-4,6,8H,5,16H2,1-2H3,(H,17,18);1H. The van der Waals surface area contributed by atoms with Crippen molar-refractivity contribution in [3.63, 3.8) is 0 Å². The van der Waals surface area contributed by atoms with Crippen molar-refractivity contribution < 1.29 is 18.0 Å². The molecule has 1 aromatic rings. The molecule has 3 N–H and O–H groups in total. The first kappa shape index (κ1) is 17.7. The van der Waals surface area contributed by atoms with Crippen molar-refractivity contribution >= 4 is 24.0 Å². The number of hydrogen-bond donors (Lipinski definition) is 2. The zero-order chi connectivity index (χ0) is 13.9. The summed E-state index contributed by atoms with van der Waals surface area (Å²) in [4.78, 5) is 11.4. The quantitative estimate of drug-likeness (QED) is 0.900. The van der Waals surface area contributed by atoms with Gasteiger partial charge in [-0.2, -0.15) is 13.2 Å². The second-order valence-corrected chi connectivity index (χ2v) is 4.26. The largest absolute Gasteiger partial charge is 0.416 e. The number of carbonyl (C=O) groups is 1. The number of benzene rings is 1. The molecule has 1 unspecified atom stereocenters. The fraction of sp³-hybridized carbons (Fsp3) is 0.417. The van der Waals surface area contributed by atoms with Gasteiger partial charge in [0, 0.05) is 18.2 Å². The molecule has 0 saturated carbocycles. The zero-order valence-electron chi connectivity index (χ0n) is 10.5. The Morgan fingerprint density at radius 1 is 1.42 bits per heavy atom. The maximum Gasteiger partial charge on any atom is 0.416 e. The molecule has 0 aromatic heterocycles. The van der Waals surface area contributed by atoms with E-state index in [1.54, 1.807) is 6.92 Å². The molecule has 108 valence electrons. The smallest absolute Gasteiger partial charge is 0.327 e. The third kappa shape index (κ3) is 5.48. The van der Waals surface area contributed by atoms with Crippen molar-refractivity contribution in [1.82, 2.24) is 0 Å². The number of aryl methyl sites for hydroxylation is 1. The third-order valence-electron chi connectivity index (χ3n) is 2.33. The van der Waals surface area contributed by atoms with Crippen LogP contribution in [0.4, 0.5) is 18.9 Å². The zero-order valence-corrected chi connectivity index (χ0v) is 11.4. The molecule has 3 nitrogen and oxygen atoms in total. The summed E-state index contributed by atoms with van der Waals surface area (Å²) < 4.78 is 37.9. The van der Waals surface area contributed by atoms with Gasteiger partial charge >= 0.3 is 6.18 Å². The summed E-state index contributed by atoms with van der Waals surface area (Å²) in [5, 5.41) is 2.39. The lowest BCUT2D eigenvalue weighted by molar-refractivity contribution is -0.138. The molecule has 1 aromatic carbocycles. The van der Waals surface area contributed by atoms with E-state index in [1.807, 2.05) is 0 Å². The van der Waals surface area contributed by atoms with Crippen LogP contribution in [-0.4, -0.2) is 11.9 Å². The maximum absolute atomic E-state index is 12.6. The Morgan fingerprint density at radius 3 is 2.47 bits per heavy atom. The molecule has 19 heavy (non-hydrogen) atoms. The van der Waals surface area contributed by atoms with E-state index in [-0.39, 0.29) is 36.1 Å². The van der Waals surface area contributed by atoms with Gasteiger partial charge in [-0.05, 0) is 31.5 Å². The molecule has 0 fully saturated rings. The topological polar surface area (TPSA) is 55.1 Å². The fourth-order valence-electron chi connectivity index (χ4n) is 1.51. The first-order valence-electron chi connectivity index (χ1n) is 5.43. The summed E-state index contributed by atoms with van der Waals surface area (Å²) in [7, 11) is 0. The highest BCUT2D eigenvalue weighted by Crippen LogP contribution is 2.33. The number of carbonyl (C=O) groups excluding carboxylic acids is 1. The van der Waals surface area contributed by atoms with Gasteiger partial charge in [0.15, 0.2) is 0 Å². The molecule has 1 rings (SSSR count). The first-order chi connectivity index (χ1) is 8.20. The fourth-order valence-corrected chi connectivity index (χ4v) is 1.51. The van der Waals surface area contributed by atoms with Crippen LogP contribution in [-0.2, 0) is 11.0 Å². The Hall–Kier alpha value is -1.27. The maximum atomic E-state index is 12.6. The molecule has 0 spiro atoms. The van der Waals surface area contributed by atoms with Crippen molar-refractivity contribution in [3.8, 4) is 0 Å². The lowest BCUT2D eigenvalue weighted by Gasteiger charge is -2.13. The third-order valence-corrected chi connectivity index (χ3v) is 2.33. The van der Waals surface area contributed by atoms with E-state index >= 15 is 0 Å². The lowest BCUT2D eigenvalue weighted by Crippen LogP contribution is -2.24. The molecule has 0 bridgehead atoms. The van der Waals surface area contributed by atoms with Gasteiger partial charge in [-0.15, -0.1) is 12.4 Å². The Morgan fingerprint density at radius 2 is 2.00 bits per heavy atom. The lowest BCUT2D eigenvalue weighted by atomic mass is 10.1. The van der Waals surface area contributed by atoms with Crippen molar-refractivity contribution in [1.29, 1.82) is 0 Å². The van der Waals surface area contributed by atoms with Crippen LogP contribution >= 0.6 is 12.4 Å². The first-order valence-corrected chi connectivity index (χ1v) is 5.43. The van der Waals surface area contributed by atoms with E-state index in [2.05, 4.69) is 5.32 Å². The number of alkyl halides is 3. The van der Waals surface area contributed by atoms with Crippen molar-refractivity contribution in [2.24, 2.45) is 5.73 Å². The van der Waals surface area contributed by atoms with Crippen molar-refractivity contribution in [2.45, 2.75) is 32.5 Å². The molecular formula is C12H16ClF3N2O. The Bertz CT molecular complexity index is 447. The van der Waals surface area contributed by atoms with Crippen LogP contribution in [0.15, 0.2) is 18.2 Å². The van der Waals surface area contributed by atoms with Gasteiger partial charge in [0.25, 0.3) is 0 Å². The van der Waals surface area contributed by atoms with Gasteiger partial charge in [-0.1, -0.05) is 6.07 Å². The van der Waals surface area contributed by atoms with Crippen LogP contribution in [0.5, 0.6) is 0 Å². The number of hydrogen-bond acceptors (Lipinski definition) is 2. The molecular weight excluding hydrogens is 281 g/mol. The average Bonchev–Trinajstić information content (AvgIpc) is 2.17. The molecule has 1 atom stereocenters. The predicted molar refractivity (Wildman–Crippen MR) is 70.3 cm³/mol. The van der Waals surface area contributed by atoms with Gasteiger partial charge in [-0.3, -0.25) is 4.79 Å². The summed E-state index contributed by atoms with van der Waals surface area (Å²) >= 11 is 0. The second-order valence-electron chi connectivity index (χ2n) is 4.26. The van der Waals surface area contributed by atoms with Gasteiger partial charge in [0.1, 0.15) is 0 Å². The van der Waals surface area contributed by atoms with E-state index < -0.39 is 17.6 Å². The van der Waals surface area contributed by atoms with Crippen LogP contribution in [0.25, 0.3) is 0 Å². The molecule has 0 saturated heterocycles. The Balaban J connectivity index is 0.00000324. The van der Waals surface area contributed by atoms with Crippen molar-refractivity contribution in [2.75, 3.05) is 5.32 Å². The molecule has 7 heteroatoms. The predicted octanol–water partition coefficient (Wildman–Crippen LogP) is 3.11. The number of rotatable bonds is 3. The second kappa shape index (κ2) is 6.77. The Kier molecular flexibility index (Phi) is 6.32. The normalized spacial score (nSPS) is 12.5. The van der Waals surface area contributed by atoms with Crippen LogP contribution in [0, 0.1) is 6.92 Å². The van der Waals surface area contributed by atoms with Gasteiger partial charge in [0.2, 0.25) is 5.91 Å². The molecule has 0 radical (unpaired) electrons. The molecule has 0 aliphatic heterocycles. The summed E-state index contributed by atoms with van der Waals surface area (Å²) in [6.45, 7) is 3.02. The van der Waals surface area contributed by atoms with E-state index in [0.29, 0.717) is 0 Å². The minimum absolute atomic E-state index is 0. The average molecular weight is 297 g/mol. The summed E-state index contributed by atoms with van der Waals surface area (Å²) in [5.41, 5.74) is 4.92. The number of anilines is 1.